The summed E-state index contributed by atoms with van der Waals surface area (Å²) in [6.45, 7) is 2.59. The molecular formula is C19H24N2O2. The summed E-state index contributed by atoms with van der Waals surface area (Å²) in [5.74, 6) is -0.0230. The number of hydrogen-bond acceptors (Lipinski definition) is 3. The van der Waals surface area contributed by atoms with Crippen LogP contribution in [0, 0.1) is 0 Å². The van der Waals surface area contributed by atoms with Gasteiger partial charge in [-0.25, -0.2) is 0 Å². The van der Waals surface area contributed by atoms with Gasteiger partial charge in [0.15, 0.2) is 0 Å². The number of benzene rings is 2. The minimum atomic E-state index is -0.0243. The lowest BCUT2D eigenvalue weighted by Crippen LogP contribution is -2.31. The van der Waals surface area contributed by atoms with Gasteiger partial charge in [-0.05, 0) is 11.1 Å². The van der Waals surface area contributed by atoms with Gasteiger partial charge in [0.25, 0.3) is 0 Å². The van der Waals surface area contributed by atoms with E-state index in [2.05, 4.69) is 34.5 Å². The lowest BCUT2D eigenvalue weighted by Gasteiger charge is -2.22. The van der Waals surface area contributed by atoms with Crippen LogP contribution in [0.15, 0.2) is 60.7 Å². The van der Waals surface area contributed by atoms with Gasteiger partial charge in [-0.1, -0.05) is 60.7 Å². The topological polar surface area (TPSA) is 52.6 Å². The molecule has 0 saturated carbocycles. The lowest BCUT2D eigenvalue weighted by atomic mass is 10.1. The Morgan fingerprint density at radius 1 is 0.913 bits per heavy atom. The average molecular weight is 312 g/mol. The average Bonchev–Trinajstić information content (AvgIpc) is 2.59. The Morgan fingerprint density at radius 2 is 1.43 bits per heavy atom. The third-order valence-electron chi connectivity index (χ3n) is 3.59. The van der Waals surface area contributed by atoms with Crippen LogP contribution in [0.3, 0.4) is 0 Å². The van der Waals surface area contributed by atoms with Crippen molar-refractivity contribution in [3.8, 4) is 0 Å². The number of aliphatic hydroxyl groups is 1. The molecule has 0 aromatic heterocycles. The first kappa shape index (κ1) is 17.2. The molecule has 4 nitrogen and oxygen atoms in total. The molecule has 2 aromatic rings. The van der Waals surface area contributed by atoms with E-state index in [-0.39, 0.29) is 12.5 Å². The lowest BCUT2D eigenvalue weighted by molar-refractivity contribution is -0.121. The van der Waals surface area contributed by atoms with Crippen molar-refractivity contribution in [2.45, 2.75) is 19.5 Å². The number of amides is 1. The van der Waals surface area contributed by atoms with Crippen LogP contribution in [0.5, 0.6) is 0 Å². The van der Waals surface area contributed by atoms with E-state index < -0.39 is 0 Å². The van der Waals surface area contributed by atoms with E-state index in [4.69, 9.17) is 5.11 Å². The number of rotatable bonds is 9. The first-order chi connectivity index (χ1) is 11.3. The molecule has 0 bridgehead atoms. The first-order valence-electron chi connectivity index (χ1n) is 7.95. The van der Waals surface area contributed by atoms with Crippen LogP contribution in [0.1, 0.15) is 17.5 Å². The zero-order chi connectivity index (χ0) is 16.3. The van der Waals surface area contributed by atoms with E-state index in [9.17, 15) is 4.79 Å². The Morgan fingerprint density at radius 3 is 1.91 bits per heavy atom. The van der Waals surface area contributed by atoms with E-state index in [1.807, 2.05) is 36.4 Å². The molecule has 2 rings (SSSR count). The van der Waals surface area contributed by atoms with Crippen LogP contribution < -0.4 is 5.32 Å². The van der Waals surface area contributed by atoms with Crippen LogP contribution in [-0.2, 0) is 17.9 Å². The molecule has 0 radical (unpaired) electrons. The maximum atomic E-state index is 11.8. The second kappa shape index (κ2) is 9.77. The van der Waals surface area contributed by atoms with Gasteiger partial charge in [-0.15, -0.1) is 0 Å². The van der Waals surface area contributed by atoms with Crippen molar-refractivity contribution in [3.05, 3.63) is 71.8 Å². The zero-order valence-corrected chi connectivity index (χ0v) is 13.3. The summed E-state index contributed by atoms with van der Waals surface area (Å²) in [6.07, 6.45) is 0.430. The normalized spacial score (nSPS) is 10.7. The number of carbonyl (C=O) groups excluding carboxylic acids is 1. The van der Waals surface area contributed by atoms with Gasteiger partial charge in [-0.2, -0.15) is 0 Å². The predicted octanol–water partition coefficient (Wildman–Crippen LogP) is 2.19. The van der Waals surface area contributed by atoms with Crippen LogP contribution in [-0.4, -0.2) is 35.6 Å². The minimum absolute atomic E-state index is 0.0230. The quantitative estimate of drug-likeness (QED) is 0.746. The van der Waals surface area contributed by atoms with Gasteiger partial charge in [0.1, 0.15) is 0 Å². The second-order valence-electron chi connectivity index (χ2n) is 5.51. The Bertz CT molecular complexity index is 531. The monoisotopic (exact) mass is 312 g/mol. The highest BCUT2D eigenvalue weighted by Crippen LogP contribution is 2.10. The molecule has 122 valence electrons. The largest absolute Gasteiger partial charge is 0.395 e. The molecule has 0 unspecified atom stereocenters. The Kier molecular flexibility index (Phi) is 7.30. The molecule has 2 aromatic carbocycles. The number of nitrogens with zero attached hydrogens (tertiary/aromatic N) is 1. The Hall–Kier alpha value is -2.17. The molecule has 0 spiro atoms. The second-order valence-corrected chi connectivity index (χ2v) is 5.51. The van der Waals surface area contributed by atoms with Crippen LogP contribution >= 0.6 is 0 Å². The molecule has 1 amide bonds. The fraction of sp³-hybridized carbons (Fsp3) is 0.316. The van der Waals surface area contributed by atoms with Crippen molar-refractivity contribution in [2.75, 3.05) is 19.7 Å². The molecule has 0 saturated heterocycles. The molecular weight excluding hydrogens is 288 g/mol. The third kappa shape index (κ3) is 6.63. The van der Waals surface area contributed by atoms with Gasteiger partial charge < -0.3 is 10.4 Å². The van der Waals surface area contributed by atoms with E-state index in [1.165, 1.54) is 11.1 Å². The highest BCUT2D eigenvalue weighted by Gasteiger charge is 2.10. The van der Waals surface area contributed by atoms with Crippen molar-refractivity contribution in [1.29, 1.82) is 0 Å². The van der Waals surface area contributed by atoms with Crippen molar-refractivity contribution in [3.63, 3.8) is 0 Å². The van der Waals surface area contributed by atoms with E-state index in [0.29, 0.717) is 19.5 Å². The smallest absolute Gasteiger partial charge is 0.221 e. The predicted molar refractivity (Wildman–Crippen MR) is 91.7 cm³/mol. The van der Waals surface area contributed by atoms with Gasteiger partial charge in [0.05, 0.1) is 6.61 Å². The fourth-order valence-corrected chi connectivity index (χ4v) is 2.44. The van der Waals surface area contributed by atoms with E-state index in [0.717, 1.165) is 13.1 Å². The van der Waals surface area contributed by atoms with Gasteiger partial charge in [0, 0.05) is 32.6 Å². The fourth-order valence-electron chi connectivity index (χ4n) is 2.44. The maximum Gasteiger partial charge on any atom is 0.221 e. The van der Waals surface area contributed by atoms with Crippen molar-refractivity contribution in [2.24, 2.45) is 0 Å². The Labute approximate surface area is 137 Å². The summed E-state index contributed by atoms with van der Waals surface area (Å²) in [5, 5.41) is 11.5. The minimum Gasteiger partial charge on any atom is -0.395 e. The summed E-state index contributed by atoms with van der Waals surface area (Å²) in [7, 11) is 0. The van der Waals surface area contributed by atoms with Crippen molar-refractivity contribution in [1.82, 2.24) is 10.2 Å². The molecule has 23 heavy (non-hydrogen) atoms. The first-order valence-corrected chi connectivity index (χ1v) is 7.95. The van der Waals surface area contributed by atoms with Crippen LogP contribution in [0.25, 0.3) is 0 Å². The molecule has 0 aliphatic heterocycles. The summed E-state index contributed by atoms with van der Waals surface area (Å²) in [5.41, 5.74) is 2.47. The van der Waals surface area contributed by atoms with E-state index in [1.54, 1.807) is 0 Å². The number of carbonyl (C=O) groups is 1. The third-order valence-corrected chi connectivity index (χ3v) is 3.59. The number of aliphatic hydroxyl groups excluding tert-OH is 1. The Balaban J connectivity index is 1.95. The van der Waals surface area contributed by atoms with Crippen LogP contribution in [0.4, 0.5) is 0 Å². The summed E-state index contributed by atoms with van der Waals surface area (Å²) >= 11 is 0. The summed E-state index contributed by atoms with van der Waals surface area (Å²) in [4.78, 5) is 14.0. The SMILES string of the molecule is O=C(CCN(Cc1ccccc1)Cc1ccccc1)NCCO. The molecule has 0 fully saturated rings. The van der Waals surface area contributed by atoms with Crippen LogP contribution in [0.2, 0.25) is 0 Å². The maximum absolute atomic E-state index is 11.8. The molecule has 0 aliphatic rings. The molecule has 0 aliphatic carbocycles. The van der Waals surface area contributed by atoms with Crippen molar-refractivity contribution < 1.29 is 9.90 Å². The molecule has 0 atom stereocenters. The molecule has 2 N–H and O–H groups in total. The highest BCUT2D eigenvalue weighted by molar-refractivity contribution is 5.76. The van der Waals surface area contributed by atoms with E-state index >= 15 is 0 Å². The van der Waals surface area contributed by atoms with Gasteiger partial charge in [0.2, 0.25) is 5.91 Å². The molecule has 4 heteroatoms. The zero-order valence-electron chi connectivity index (χ0n) is 13.3. The van der Waals surface area contributed by atoms with Gasteiger partial charge in [-0.3, -0.25) is 9.69 Å². The van der Waals surface area contributed by atoms with Gasteiger partial charge >= 0.3 is 0 Å². The summed E-state index contributed by atoms with van der Waals surface area (Å²) in [6, 6.07) is 20.5. The summed E-state index contributed by atoms with van der Waals surface area (Å²) < 4.78 is 0. The standard InChI is InChI=1S/C19H24N2O2/c22-14-12-20-19(23)11-13-21(15-17-7-3-1-4-8-17)16-18-9-5-2-6-10-18/h1-10,22H,11-16H2,(H,20,23). The molecule has 0 heterocycles. The van der Waals surface area contributed by atoms with Crippen molar-refractivity contribution >= 4 is 5.91 Å². The number of hydrogen-bond donors (Lipinski definition) is 2. The number of nitrogens with one attached hydrogen (secondary N) is 1. The highest BCUT2D eigenvalue weighted by atomic mass is 16.3.